The lowest BCUT2D eigenvalue weighted by Crippen LogP contribution is -2.00. The Morgan fingerprint density at radius 3 is 1.59 bits per heavy atom. The Bertz CT molecular complexity index is 3850. The second-order valence-electron chi connectivity index (χ2n) is 16.0. The minimum Gasteiger partial charge on any atom is -0.454 e. The Morgan fingerprint density at radius 2 is 0.873 bits per heavy atom. The molecular weight excluding hydrogens is 771 g/mol. The molecule has 63 heavy (non-hydrogen) atoms. The SMILES string of the molecule is c1ccc(-c2cccc(-c3nc(-c4ccccc4)nc(-c4ccc5c(c4)c4ccc6c(oc7cccc(-n8c9ccccc9c9ccccc98)c76)c4n5-c4ccccc4)n3)c2)cc1. The van der Waals surface area contributed by atoms with Crippen LogP contribution in [0.15, 0.2) is 217 Å². The molecule has 6 heteroatoms. The molecule has 0 atom stereocenters. The number of rotatable bonds is 6. The molecule has 0 radical (unpaired) electrons. The van der Waals surface area contributed by atoms with Crippen LogP contribution in [-0.2, 0) is 0 Å². The Labute approximate surface area is 361 Å². The minimum atomic E-state index is 0.604. The van der Waals surface area contributed by atoms with Gasteiger partial charge >= 0.3 is 0 Å². The van der Waals surface area contributed by atoms with Gasteiger partial charge in [-0.1, -0.05) is 146 Å². The van der Waals surface area contributed by atoms with Crippen molar-refractivity contribution < 1.29 is 4.42 Å². The molecule has 4 heterocycles. The van der Waals surface area contributed by atoms with Crippen molar-refractivity contribution in [3.8, 4) is 56.7 Å². The van der Waals surface area contributed by atoms with Gasteiger partial charge in [0.1, 0.15) is 5.58 Å². The Balaban J connectivity index is 1.05. The van der Waals surface area contributed by atoms with E-state index in [1.54, 1.807) is 0 Å². The molecule has 4 aromatic heterocycles. The number of aromatic nitrogens is 5. The number of furan rings is 1. The summed E-state index contributed by atoms with van der Waals surface area (Å²) >= 11 is 0. The van der Waals surface area contributed by atoms with Crippen LogP contribution in [0.25, 0.3) is 122 Å². The summed E-state index contributed by atoms with van der Waals surface area (Å²) in [6, 6.07) is 74.3. The summed E-state index contributed by atoms with van der Waals surface area (Å²) < 4.78 is 11.8. The zero-order valence-corrected chi connectivity index (χ0v) is 33.9. The summed E-state index contributed by atoms with van der Waals surface area (Å²) in [6.07, 6.45) is 0. The molecule has 0 unspecified atom stereocenters. The first-order valence-corrected chi connectivity index (χ1v) is 21.2. The fraction of sp³-hybridized carbons (Fsp3) is 0. The highest BCUT2D eigenvalue weighted by Gasteiger charge is 2.23. The number of nitrogens with zero attached hydrogens (tertiary/aromatic N) is 5. The van der Waals surface area contributed by atoms with Crippen molar-refractivity contribution in [3.63, 3.8) is 0 Å². The Morgan fingerprint density at radius 1 is 0.333 bits per heavy atom. The van der Waals surface area contributed by atoms with Gasteiger partial charge in [-0.15, -0.1) is 0 Å². The first-order chi connectivity index (χ1) is 31.2. The van der Waals surface area contributed by atoms with Crippen LogP contribution in [0, 0.1) is 0 Å². The highest BCUT2D eigenvalue weighted by molar-refractivity contribution is 6.23. The van der Waals surface area contributed by atoms with Crippen LogP contribution in [0.5, 0.6) is 0 Å². The maximum Gasteiger partial charge on any atom is 0.164 e. The monoisotopic (exact) mass is 805 g/mol. The third kappa shape index (κ3) is 5.55. The molecule has 0 aliphatic rings. The average molecular weight is 806 g/mol. The van der Waals surface area contributed by atoms with Crippen molar-refractivity contribution in [2.24, 2.45) is 0 Å². The van der Waals surface area contributed by atoms with Gasteiger partial charge in [0.15, 0.2) is 23.1 Å². The predicted octanol–water partition coefficient (Wildman–Crippen LogP) is 14.6. The van der Waals surface area contributed by atoms with Gasteiger partial charge in [0.25, 0.3) is 0 Å². The minimum absolute atomic E-state index is 0.604. The number of hydrogen-bond donors (Lipinski definition) is 0. The molecule has 0 aliphatic carbocycles. The van der Waals surface area contributed by atoms with E-state index in [-0.39, 0.29) is 0 Å². The maximum atomic E-state index is 7.04. The van der Waals surface area contributed by atoms with Crippen molar-refractivity contribution in [2.75, 3.05) is 0 Å². The van der Waals surface area contributed by atoms with Gasteiger partial charge in [-0.25, -0.2) is 15.0 Å². The van der Waals surface area contributed by atoms with Crippen LogP contribution in [0.4, 0.5) is 0 Å². The summed E-state index contributed by atoms with van der Waals surface area (Å²) in [5.74, 6) is 1.84. The number of para-hydroxylation sites is 3. The van der Waals surface area contributed by atoms with E-state index in [0.717, 1.165) is 94.0 Å². The summed E-state index contributed by atoms with van der Waals surface area (Å²) in [6.45, 7) is 0. The molecule has 13 rings (SSSR count). The van der Waals surface area contributed by atoms with Gasteiger partial charge in [-0.2, -0.15) is 0 Å². The summed E-state index contributed by atoms with van der Waals surface area (Å²) in [5, 5.41) is 6.74. The molecule has 0 amide bonds. The van der Waals surface area contributed by atoms with Gasteiger partial charge in [0.2, 0.25) is 0 Å². The molecule has 9 aromatic carbocycles. The highest BCUT2D eigenvalue weighted by Crippen LogP contribution is 2.44. The molecule has 0 spiro atoms. The largest absolute Gasteiger partial charge is 0.454 e. The van der Waals surface area contributed by atoms with Gasteiger partial charge in [0, 0.05) is 49.3 Å². The quantitative estimate of drug-likeness (QED) is 0.168. The van der Waals surface area contributed by atoms with E-state index in [1.165, 1.54) is 10.8 Å². The van der Waals surface area contributed by atoms with Gasteiger partial charge in [0.05, 0.1) is 33.1 Å². The zero-order chi connectivity index (χ0) is 41.4. The lowest BCUT2D eigenvalue weighted by molar-refractivity contribution is 0.671. The standard InChI is InChI=1S/C57H35N5O/c1-4-16-36(17-5-1)38-20-14-21-39(34-38)56-58-55(37-18-6-2-7-19-37)59-57(60-56)40-30-33-49-46(35-40)44-31-32-45-52-50(62-47-26-12-10-24-42(47)43-25-11-13-27-48(43)62)28-15-29-51(52)63-54(45)53(44)61(49)41-22-8-3-9-23-41/h1-35H. The predicted molar refractivity (Wildman–Crippen MR) is 258 cm³/mol. The molecule has 6 nitrogen and oxygen atoms in total. The normalized spacial score (nSPS) is 11.8. The second-order valence-corrected chi connectivity index (χ2v) is 16.0. The molecule has 0 saturated heterocycles. The lowest BCUT2D eigenvalue weighted by atomic mass is 10.0. The van der Waals surface area contributed by atoms with Crippen LogP contribution < -0.4 is 0 Å². The number of benzene rings is 9. The highest BCUT2D eigenvalue weighted by atomic mass is 16.3. The van der Waals surface area contributed by atoms with Crippen molar-refractivity contribution in [3.05, 3.63) is 212 Å². The Kier molecular flexibility index (Phi) is 7.80. The van der Waals surface area contributed by atoms with Crippen LogP contribution in [-0.4, -0.2) is 24.1 Å². The van der Waals surface area contributed by atoms with Crippen molar-refractivity contribution in [1.29, 1.82) is 0 Å². The number of fused-ring (bicyclic) bond motifs is 10. The fourth-order valence-electron chi connectivity index (χ4n) is 9.53. The fourth-order valence-corrected chi connectivity index (χ4v) is 9.53. The summed E-state index contributed by atoms with van der Waals surface area (Å²) in [5.41, 5.74) is 13.2. The van der Waals surface area contributed by atoms with Gasteiger partial charge < -0.3 is 13.6 Å². The second kappa shape index (κ2) is 14.0. The molecule has 0 N–H and O–H groups in total. The first kappa shape index (κ1) is 35.2. The van der Waals surface area contributed by atoms with E-state index in [0.29, 0.717) is 17.5 Å². The van der Waals surface area contributed by atoms with Crippen LogP contribution in [0.3, 0.4) is 0 Å². The number of hydrogen-bond acceptors (Lipinski definition) is 4. The Hall–Kier alpha value is -8.61. The van der Waals surface area contributed by atoms with E-state index in [4.69, 9.17) is 19.4 Å². The zero-order valence-electron chi connectivity index (χ0n) is 33.9. The van der Waals surface area contributed by atoms with Crippen LogP contribution in [0.1, 0.15) is 0 Å². The lowest BCUT2D eigenvalue weighted by Gasteiger charge is -2.10. The smallest absolute Gasteiger partial charge is 0.164 e. The molecule has 0 saturated carbocycles. The molecule has 294 valence electrons. The average Bonchev–Trinajstić information content (AvgIpc) is 4.02. The topological polar surface area (TPSA) is 61.7 Å². The van der Waals surface area contributed by atoms with Gasteiger partial charge in [-0.3, -0.25) is 0 Å². The van der Waals surface area contributed by atoms with Crippen molar-refractivity contribution in [1.82, 2.24) is 24.1 Å². The van der Waals surface area contributed by atoms with Crippen molar-refractivity contribution >= 4 is 65.6 Å². The third-order valence-electron chi connectivity index (χ3n) is 12.4. The van der Waals surface area contributed by atoms with Crippen LogP contribution in [0.2, 0.25) is 0 Å². The first-order valence-electron chi connectivity index (χ1n) is 21.2. The molecule has 0 bridgehead atoms. The van der Waals surface area contributed by atoms with E-state index in [1.807, 2.05) is 36.4 Å². The molecule has 0 aliphatic heterocycles. The molecular formula is C57H35N5O. The van der Waals surface area contributed by atoms with Crippen molar-refractivity contribution in [2.45, 2.75) is 0 Å². The van der Waals surface area contributed by atoms with E-state index < -0.39 is 0 Å². The van der Waals surface area contributed by atoms with E-state index >= 15 is 0 Å². The molecule has 13 aromatic rings. The molecule has 0 fully saturated rings. The van der Waals surface area contributed by atoms with E-state index in [9.17, 15) is 0 Å². The maximum absolute atomic E-state index is 7.04. The third-order valence-corrected chi connectivity index (χ3v) is 12.4. The van der Waals surface area contributed by atoms with Crippen LogP contribution >= 0.6 is 0 Å². The summed E-state index contributed by atoms with van der Waals surface area (Å²) in [7, 11) is 0. The summed E-state index contributed by atoms with van der Waals surface area (Å²) in [4.78, 5) is 15.4. The van der Waals surface area contributed by atoms with E-state index in [2.05, 4.69) is 185 Å². The van der Waals surface area contributed by atoms with Gasteiger partial charge in [-0.05, 0) is 77.9 Å².